The zero-order chi connectivity index (χ0) is 13.1. The van der Waals surface area contributed by atoms with Crippen LogP contribution < -0.4 is 0 Å². The molecular weight excluding hydrogens is 268 g/mol. The molecule has 0 aliphatic heterocycles. The standard InChI is InChI=1S/C14H12O3.Cr/c1-10-13(14(15)16-2)12(8-9-17-10)11-6-4-3-5-7-11;/h3-8H,1-2H3;. The number of ether oxygens (including phenoxy) is 1. The number of esters is 1. The van der Waals surface area contributed by atoms with Gasteiger partial charge in [0, 0.05) is 0 Å². The van der Waals surface area contributed by atoms with Crippen molar-refractivity contribution in [3.8, 4) is 11.1 Å². The maximum absolute atomic E-state index is 11.8. The summed E-state index contributed by atoms with van der Waals surface area (Å²) >= 11 is 2.82. The molecule has 1 aromatic heterocycles. The summed E-state index contributed by atoms with van der Waals surface area (Å²) in [7, 11) is 1.36. The Morgan fingerprint density at radius 2 is 1.94 bits per heavy atom. The second-order valence-electron chi connectivity index (χ2n) is 3.77. The molecule has 0 spiro atoms. The molecule has 0 bridgehead atoms. The fraction of sp³-hybridized carbons (Fsp3) is 0.143. The summed E-state index contributed by atoms with van der Waals surface area (Å²) in [6.45, 7) is 1.75. The number of hydrogen-bond donors (Lipinski definition) is 0. The van der Waals surface area contributed by atoms with Crippen molar-refractivity contribution in [1.29, 1.82) is 0 Å². The molecule has 0 amide bonds. The van der Waals surface area contributed by atoms with Gasteiger partial charge in [-0.2, -0.15) is 0 Å². The van der Waals surface area contributed by atoms with Gasteiger partial charge in [-0.15, -0.1) is 0 Å². The van der Waals surface area contributed by atoms with Gasteiger partial charge in [0.25, 0.3) is 0 Å². The van der Waals surface area contributed by atoms with Crippen molar-refractivity contribution in [3.05, 3.63) is 51.9 Å². The van der Waals surface area contributed by atoms with Crippen LogP contribution in [0.5, 0.6) is 0 Å². The van der Waals surface area contributed by atoms with Gasteiger partial charge in [0.05, 0.1) is 0 Å². The molecule has 3 nitrogen and oxygen atoms in total. The summed E-state index contributed by atoms with van der Waals surface area (Å²) < 4.78 is 10.9. The molecule has 1 aromatic carbocycles. The van der Waals surface area contributed by atoms with E-state index in [1.165, 1.54) is 7.11 Å². The molecule has 0 atom stereocenters. The van der Waals surface area contributed by atoms with Crippen molar-refractivity contribution in [2.45, 2.75) is 6.92 Å². The number of rotatable bonds is 2. The summed E-state index contributed by atoms with van der Waals surface area (Å²) in [4.78, 5) is 11.8. The topological polar surface area (TPSA) is 39.4 Å². The summed E-state index contributed by atoms with van der Waals surface area (Å²) in [5.41, 5.74) is 2.22. The van der Waals surface area contributed by atoms with Gasteiger partial charge < -0.3 is 0 Å². The van der Waals surface area contributed by atoms with Crippen molar-refractivity contribution in [2.24, 2.45) is 0 Å². The van der Waals surface area contributed by atoms with Crippen LogP contribution in [0, 0.1) is 11.1 Å². The molecule has 0 aliphatic carbocycles. The average Bonchev–Trinajstić information content (AvgIpc) is 2.38. The number of carbonyl (C=O) groups is 1. The number of aryl methyl sites for hydroxylation is 1. The Morgan fingerprint density at radius 1 is 1.28 bits per heavy atom. The molecule has 2 aromatic rings. The predicted octanol–water partition coefficient (Wildman–Crippen LogP) is 3.12. The van der Waals surface area contributed by atoms with E-state index in [4.69, 9.17) is 9.15 Å². The summed E-state index contributed by atoms with van der Waals surface area (Å²) in [5, 5.41) is 0. The van der Waals surface area contributed by atoms with E-state index in [1.54, 1.807) is 13.0 Å². The first-order chi connectivity index (χ1) is 8.63. The van der Waals surface area contributed by atoms with Gasteiger partial charge in [-0.1, -0.05) is 0 Å². The Hall–Kier alpha value is -1.63. The van der Waals surface area contributed by atoms with Crippen molar-refractivity contribution in [2.75, 3.05) is 7.11 Å². The van der Waals surface area contributed by atoms with E-state index in [0.717, 1.165) is 11.1 Å². The molecule has 4 heteroatoms. The number of methoxy groups -OCH3 is 1. The van der Waals surface area contributed by atoms with E-state index < -0.39 is 5.97 Å². The van der Waals surface area contributed by atoms with Gasteiger partial charge in [0.2, 0.25) is 0 Å². The molecule has 18 heavy (non-hydrogen) atoms. The van der Waals surface area contributed by atoms with Gasteiger partial charge in [0.1, 0.15) is 0 Å². The van der Waals surface area contributed by atoms with Crippen LogP contribution in [0.25, 0.3) is 11.1 Å². The first-order valence-corrected chi connectivity index (χ1v) is 6.05. The van der Waals surface area contributed by atoms with Crippen LogP contribution in [0.3, 0.4) is 0 Å². The van der Waals surface area contributed by atoms with E-state index in [2.05, 4.69) is 15.9 Å². The van der Waals surface area contributed by atoms with Crippen LogP contribution in [0.15, 0.2) is 40.8 Å². The van der Waals surface area contributed by atoms with Crippen molar-refractivity contribution < 1.29 is 29.8 Å². The Labute approximate surface area is 113 Å². The molecule has 92 valence electrons. The van der Waals surface area contributed by atoms with Crippen LogP contribution in [0.1, 0.15) is 16.1 Å². The number of hydrogen-bond acceptors (Lipinski definition) is 3. The van der Waals surface area contributed by atoms with Gasteiger partial charge >= 0.3 is 113 Å². The van der Waals surface area contributed by atoms with Gasteiger partial charge in [-0.05, 0) is 0 Å². The number of carbonyl (C=O) groups excluding carboxylic acids is 1. The summed E-state index contributed by atoms with van der Waals surface area (Å²) in [5.74, 6) is 0.145. The SMILES string of the molecule is COC(=O)c1c(-c2ccccc2)c[c](=[Cr])oc1C. The first kappa shape index (κ1) is 12.8. The summed E-state index contributed by atoms with van der Waals surface area (Å²) in [6.07, 6.45) is 0. The molecule has 0 aliphatic rings. The van der Waals surface area contributed by atoms with E-state index in [1.807, 2.05) is 30.3 Å². The average molecular weight is 280 g/mol. The van der Waals surface area contributed by atoms with Crippen molar-refractivity contribution in [3.63, 3.8) is 0 Å². The normalized spacial score (nSPS) is 10.1. The van der Waals surface area contributed by atoms with Crippen LogP contribution in [0.2, 0.25) is 0 Å². The van der Waals surface area contributed by atoms with Crippen LogP contribution in [0.4, 0.5) is 0 Å². The van der Waals surface area contributed by atoms with Crippen LogP contribution in [-0.4, -0.2) is 13.1 Å². The van der Waals surface area contributed by atoms with Crippen LogP contribution in [-0.2, 0) is 20.6 Å². The van der Waals surface area contributed by atoms with Crippen molar-refractivity contribution >= 4 is 5.97 Å². The molecular formula is C14H12CrO3. The third-order valence-corrected chi connectivity index (χ3v) is 2.93. The van der Waals surface area contributed by atoms with E-state index in [9.17, 15) is 4.79 Å². The summed E-state index contributed by atoms with van der Waals surface area (Å²) in [6, 6.07) is 11.5. The molecule has 0 N–H and O–H groups in total. The van der Waals surface area contributed by atoms with Gasteiger partial charge in [-0.25, -0.2) is 0 Å². The predicted molar refractivity (Wildman–Crippen MR) is 63.5 cm³/mol. The quantitative estimate of drug-likeness (QED) is 0.793. The van der Waals surface area contributed by atoms with E-state index in [0.29, 0.717) is 15.5 Å². The molecule has 0 fully saturated rings. The Kier molecular flexibility index (Phi) is 3.81. The van der Waals surface area contributed by atoms with E-state index >= 15 is 0 Å². The second-order valence-corrected chi connectivity index (χ2v) is 4.40. The third kappa shape index (κ3) is 2.45. The molecule has 0 saturated heterocycles. The Morgan fingerprint density at radius 3 is 2.56 bits per heavy atom. The molecule has 0 radical (unpaired) electrons. The zero-order valence-corrected chi connectivity index (χ0v) is 11.4. The first-order valence-electron chi connectivity index (χ1n) is 5.42. The van der Waals surface area contributed by atoms with Gasteiger partial charge in [-0.3, -0.25) is 0 Å². The Balaban J connectivity index is 2.73. The monoisotopic (exact) mass is 280 g/mol. The fourth-order valence-corrected chi connectivity index (χ4v) is 2.19. The zero-order valence-electron chi connectivity index (χ0n) is 10.1. The fourth-order valence-electron chi connectivity index (χ4n) is 1.81. The molecule has 2 rings (SSSR count). The second kappa shape index (κ2) is 5.35. The minimum atomic E-state index is -0.393. The van der Waals surface area contributed by atoms with Gasteiger partial charge in [0.15, 0.2) is 0 Å². The maximum atomic E-state index is 11.8. The van der Waals surface area contributed by atoms with Crippen molar-refractivity contribution in [1.82, 2.24) is 0 Å². The van der Waals surface area contributed by atoms with E-state index in [-0.39, 0.29) is 0 Å². The number of benzene rings is 1. The minimum absolute atomic E-state index is 0.393. The van der Waals surface area contributed by atoms with Crippen LogP contribution >= 0.6 is 0 Å². The molecule has 0 saturated carbocycles. The molecule has 1 heterocycles. The Bertz CT molecular complexity index is 629. The third-order valence-electron chi connectivity index (χ3n) is 2.61. The molecule has 0 unspecified atom stereocenters.